The fourth-order valence-corrected chi connectivity index (χ4v) is 1.78. The molecule has 5 nitrogen and oxygen atoms in total. The number of primary amides is 1. The lowest BCUT2D eigenvalue weighted by Crippen LogP contribution is -2.31. The number of hydrogen-bond acceptors (Lipinski definition) is 4. The van der Waals surface area contributed by atoms with E-state index in [9.17, 15) is 4.79 Å². The maximum atomic E-state index is 11.4. The molecule has 1 aromatic rings. The summed E-state index contributed by atoms with van der Waals surface area (Å²) in [7, 11) is 0. The van der Waals surface area contributed by atoms with Crippen molar-refractivity contribution >= 4 is 5.91 Å². The van der Waals surface area contributed by atoms with Crippen molar-refractivity contribution in [3.8, 4) is 0 Å². The van der Waals surface area contributed by atoms with Gasteiger partial charge in [-0.3, -0.25) is 9.78 Å². The first-order valence-corrected chi connectivity index (χ1v) is 5.74. The second-order valence-corrected chi connectivity index (χ2v) is 3.97. The Balaban J connectivity index is 2.05. The van der Waals surface area contributed by atoms with Crippen molar-refractivity contribution in [2.45, 2.75) is 31.7 Å². The number of carbonyl (C=O) groups is 1. The van der Waals surface area contributed by atoms with E-state index in [4.69, 9.17) is 15.2 Å². The predicted molar refractivity (Wildman–Crippen MR) is 60.8 cm³/mol. The van der Waals surface area contributed by atoms with Crippen LogP contribution in [0.25, 0.3) is 0 Å². The molecule has 92 valence electrons. The van der Waals surface area contributed by atoms with Crippen molar-refractivity contribution in [3.05, 3.63) is 30.1 Å². The van der Waals surface area contributed by atoms with E-state index in [-0.39, 0.29) is 6.29 Å². The van der Waals surface area contributed by atoms with Crippen LogP contribution in [0.2, 0.25) is 0 Å². The van der Waals surface area contributed by atoms with Gasteiger partial charge in [0.15, 0.2) is 12.4 Å². The first-order chi connectivity index (χ1) is 8.27. The zero-order valence-corrected chi connectivity index (χ0v) is 9.54. The molecule has 5 heteroatoms. The number of nitrogens with zero attached hydrogens (tertiary/aromatic N) is 1. The maximum absolute atomic E-state index is 11.4. The van der Waals surface area contributed by atoms with Crippen LogP contribution < -0.4 is 5.73 Å². The highest BCUT2D eigenvalue weighted by atomic mass is 16.7. The van der Waals surface area contributed by atoms with Gasteiger partial charge in [0.2, 0.25) is 0 Å². The summed E-state index contributed by atoms with van der Waals surface area (Å²) in [5, 5.41) is 0. The Morgan fingerprint density at radius 2 is 2.41 bits per heavy atom. The molecule has 2 atom stereocenters. The van der Waals surface area contributed by atoms with Gasteiger partial charge in [0.25, 0.3) is 5.91 Å². The monoisotopic (exact) mass is 236 g/mol. The van der Waals surface area contributed by atoms with E-state index in [2.05, 4.69) is 4.98 Å². The van der Waals surface area contributed by atoms with Gasteiger partial charge in [-0.25, -0.2) is 0 Å². The fraction of sp³-hybridized carbons (Fsp3) is 0.500. The van der Waals surface area contributed by atoms with E-state index >= 15 is 0 Å². The van der Waals surface area contributed by atoms with Gasteiger partial charge in [0, 0.05) is 12.8 Å². The number of ether oxygens (including phenoxy) is 2. The molecule has 0 aliphatic carbocycles. The molecule has 2 N–H and O–H groups in total. The van der Waals surface area contributed by atoms with E-state index in [1.807, 2.05) is 0 Å². The highest BCUT2D eigenvalue weighted by Crippen LogP contribution is 2.22. The summed E-state index contributed by atoms with van der Waals surface area (Å²) in [5.41, 5.74) is 5.85. The Labute approximate surface area is 99.9 Å². The van der Waals surface area contributed by atoms with Gasteiger partial charge in [-0.15, -0.1) is 0 Å². The summed E-state index contributed by atoms with van der Waals surface area (Å²) >= 11 is 0. The fourth-order valence-electron chi connectivity index (χ4n) is 1.78. The molecule has 0 aromatic carbocycles. The van der Waals surface area contributed by atoms with E-state index < -0.39 is 12.0 Å². The molecular formula is C12H16N2O3. The van der Waals surface area contributed by atoms with Crippen molar-refractivity contribution < 1.29 is 14.3 Å². The van der Waals surface area contributed by atoms with E-state index in [0.29, 0.717) is 12.3 Å². The summed E-state index contributed by atoms with van der Waals surface area (Å²) in [6, 6.07) is 5.29. The van der Waals surface area contributed by atoms with Crippen LogP contribution in [0.3, 0.4) is 0 Å². The first kappa shape index (κ1) is 12.0. The first-order valence-electron chi connectivity index (χ1n) is 5.74. The molecule has 17 heavy (non-hydrogen) atoms. The third kappa shape index (κ3) is 3.25. The predicted octanol–water partition coefficient (Wildman–Crippen LogP) is 1.15. The molecule has 0 saturated carbocycles. The minimum atomic E-state index is -0.834. The average molecular weight is 236 g/mol. The Morgan fingerprint density at radius 3 is 3.00 bits per heavy atom. The number of rotatable bonds is 4. The summed E-state index contributed by atoms with van der Waals surface area (Å²) in [6.07, 6.45) is 3.28. The van der Waals surface area contributed by atoms with Gasteiger partial charge in [-0.05, 0) is 31.4 Å². The largest absolute Gasteiger partial charge is 0.367 e. The van der Waals surface area contributed by atoms with Crippen molar-refractivity contribution in [3.63, 3.8) is 0 Å². The smallest absolute Gasteiger partial charge is 0.252 e. The number of carbonyl (C=O) groups excluding carboxylic acids is 1. The molecule has 1 aromatic heterocycles. The molecule has 0 spiro atoms. The SMILES string of the molecule is NC(=O)C(OC1CCCCO1)c1ccccn1. The normalized spacial score (nSPS) is 22.0. The Bertz CT molecular complexity index is 363. The molecule has 0 bridgehead atoms. The van der Waals surface area contributed by atoms with Crippen molar-refractivity contribution in [1.82, 2.24) is 4.98 Å². The van der Waals surface area contributed by atoms with Crippen LogP contribution in [0, 0.1) is 0 Å². The van der Waals surface area contributed by atoms with Crippen LogP contribution in [0.5, 0.6) is 0 Å². The van der Waals surface area contributed by atoms with Gasteiger partial charge in [0.05, 0.1) is 5.69 Å². The molecule has 1 fully saturated rings. The lowest BCUT2D eigenvalue weighted by atomic mass is 10.2. The van der Waals surface area contributed by atoms with Crippen molar-refractivity contribution in [2.24, 2.45) is 5.73 Å². The van der Waals surface area contributed by atoms with E-state index in [0.717, 1.165) is 19.3 Å². The molecule has 0 radical (unpaired) electrons. The molecular weight excluding hydrogens is 220 g/mol. The second kappa shape index (κ2) is 5.75. The molecule has 2 unspecified atom stereocenters. The van der Waals surface area contributed by atoms with Crippen LogP contribution in [-0.4, -0.2) is 23.8 Å². The average Bonchev–Trinajstić information content (AvgIpc) is 2.38. The molecule has 1 aliphatic rings. The zero-order chi connectivity index (χ0) is 12.1. The molecule has 1 saturated heterocycles. The summed E-state index contributed by atoms with van der Waals surface area (Å²) < 4.78 is 11.0. The van der Waals surface area contributed by atoms with Gasteiger partial charge < -0.3 is 15.2 Å². The Kier molecular flexibility index (Phi) is 4.06. The number of amides is 1. The zero-order valence-electron chi connectivity index (χ0n) is 9.54. The van der Waals surface area contributed by atoms with Crippen LogP contribution in [0.1, 0.15) is 31.1 Å². The van der Waals surface area contributed by atoms with Crippen LogP contribution >= 0.6 is 0 Å². The number of nitrogens with two attached hydrogens (primary N) is 1. The highest BCUT2D eigenvalue weighted by Gasteiger charge is 2.25. The Hall–Kier alpha value is -1.46. The summed E-state index contributed by atoms with van der Waals surface area (Å²) in [6.45, 7) is 0.665. The topological polar surface area (TPSA) is 74.4 Å². The lowest BCUT2D eigenvalue weighted by molar-refractivity contribution is -0.193. The van der Waals surface area contributed by atoms with Crippen LogP contribution in [-0.2, 0) is 14.3 Å². The minimum absolute atomic E-state index is 0.358. The van der Waals surface area contributed by atoms with E-state index in [1.54, 1.807) is 24.4 Å². The standard InChI is InChI=1S/C12H16N2O3/c13-12(15)11(9-5-1-3-7-14-9)17-10-6-2-4-8-16-10/h1,3,5,7,10-11H,2,4,6,8H2,(H2,13,15). The quantitative estimate of drug-likeness (QED) is 0.851. The number of hydrogen-bond donors (Lipinski definition) is 1. The van der Waals surface area contributed by atoms with Crippen LogP contribution in [0.15, 0.2) is 24.4 Å². The molecule has 1 amide bonds. The molecule has 2 rings (SSSR count). The lowest BCUT2D eigenvalue weighted by Gasteiger charge is -2.26. The third-order valence-electron chi connectivity index (χ3n) is 2.64. The third-order valence-corrected chi connectivity index (χ3v) is 2.64. The number of aromatic nitrogens is 1. The highest BCUT2D eigenvalue weighted by molar-refractivity contribution is 5.79. The Morgan fingerprint density at radius 1 is 1.53 bits per heavy atom. The van der Waals surface area contributed by atoms with Crippen molar-refractivity contribution in [1.29, 1.82) is 0 Å². The van der Waals surface area contributed by atoms with Gasteiger partial charge in [-0.2, -0.15) is 0 Å². The summed E-state index contributed by atoms with van der Waals surface area (Å²) in [4.78, 5) is 15.5. The molecule has 1 aliphatic heterocycles. The van der Waals surface area contributed by atoms with Crippen molar-refractivity contribution in [2.75, 3.05) is 6.61 Å². The van der Waals surface area contributed by atoms with Gasteiger partial charge >= 0.3 is 0 Å². The van der Waals surface area contributed by atoms with E-state index in [1.165, 1.54) is 0 Å². The molecule has 2 heterocycles. The second-order valence-electron chi connectivity index (χ2n) is 3.97. The number of pyridine rings is 1. The maximum Gasteiger partial charge on any atom is 0.252 e. The minimum Gasteiger partial charge on any atom is -0.367 e. The van der Waals surface area contributed by atoms with Gasteiger partial charge in [-0.1, -0.05) is 6.07 Å². The van der Waals surface area contributed by atoms with Crippen LogP contribution in [0.4, 0.5) is 0 Å². The summed E-state index contributed by atoms with van der Waals surface area (Å²) in [5.74, 6) is -0.544. The van der Waals surface area contributed by atoms with Gasteiger partial charge in [0.1, 0.15) is 0 Å².